The highest BCUT2D eigenvalue weighted by Gasteiger charge is 2.19. The molecular formula is C24H27N3O3. The van der Waals surface area contributed by atoms with E-state index in [0.717, 1.165) is 43.8 Å². The second-order valence-electron chi connectivity index (χ2n) is 7.93. The van der Waals surface area contributed by atoms with Crippen LogP contribution in [0.3, 0.4) is 0 Å². The number of aliphatic imine (C=N–C) groups is 1. The summed E-state index contributed by atoms with van der Waals surface area (Å²) in [6.45, 7) is 4.86. The normalized spacial score (nSPS) is 15.3. The van der Waals surface area contributed by atoms with Gasteiger partial charge in [0.15, 0.2) is 0 Å². The van der Waals surface area contributed by atoms with E-state index < -0.39 is 0 Å². The number of pyridine rings is 1. The molecule has 0 unspecified atom stereocenters. The van der Waals surface area contributed by atoms with E-state index >= 15 is 0 Å². The summed E-state index contributed by atoms with van der Waals surface area (Å²) in [5.41, 5.74) is 3.20. The van der Waals surface area contributed by atoms with Crippen molar-refractivity contribution in [1.82, 2.24) is 4.98 Å². The van der Waals surface area contributed by atoms with E-state index in [-0.39, 0.29) is 11.4 Å². The summed E-state index contributed by atoms with van der Waals surface area (Å²) in [6.07, 6.45) is 3.90. The van der Waals surface area contributed by atoms with Crippen molar-refractivity contribution in [2.75, 3.05) is 31.7 Å². The molecule has 6 nitrogen and oxygen atoms in total. The molecule has 2 heterocycles. The largest absolute Gasteiger partial charge is 0.494 e. The summed E-state index contributed by atoms with van der Waals surface area (Å²) in [6, 6.07) is 13.7. The van der Waals surface area contributed by atoms with Crippen molar-refractivity contribution in [3.05, 3.63) is 63.9 Å². The number of aromatic amines is 1. The second-order valence-corrected chi connectivity index (χ2v) is 7.93. The van der Waals surface area contributed by atoms with Crippen LogP contribution in [0.15, 0.2) is 52.3 Å². The Kier molecular flexibility index (Phi) is 5.86. The number of fused-ring (bicyclic) bond motifs is 1. The molecule has 156 valence electrons. The summed E-state index contributed by atoms with van der Waals surface area (Å²) >= 11 is 0. The fraction of sp³-hybridized carbons (Fsp3) is 0.333. The van der Waals surface area contributed by atoms with Gasteiger partial charge in [-0.1, -0.05) is 17.7 Å². The number of hydrogen-bond acceptors (Lipinski definition) is 5. The lowest BCUT2D eigenvalue weighted by molar-refractivity contribution is 0.139. The van der Waals surface area contributed by atoms with Crippen LogP contribution in [0.5, 0.6) is 5.88 Å². The van der Waals surface area contributed by atoms with Crippen molar-refractivity contribution in [3.8, 4) is 5.88 Å². The van der Waals surface area contributed by atoms with E-state index in [1.54, 1.807) is 19.4 Å². The number of nitrogens with zero attached hydrogens (tertiary/aromatic N) is 2. The number of methoxy groups -OCH3 is 1. The first-order chi connectivity index (χ1) is 14.5. The monoisotopic (exact) mass is 405 g/mol. The number of nitrogens with one attached hydrogen (secondary N) is 1. The molecule has 0 amide bonds. The van der Waals surface area contributed by atoms with E-state index in [4.69, 9.17) is 4.74 Å². The van der Waals surface area contributed by atoms with Gasteiger partial charge in [-0.3, -0.25) is 14.8 Å². The van der Waals surface area contributed by atoms with Crippen LogP contribution in [-0.2, 0) is 4.74 Å². The lowest BCUT2D eigenvalue weighted by atomic mass is 9.97. The zero-order valence-electron chi connectivity index (χ0n) is 17.4. The molecule has 4 rings (SSSR count). The Morgan fingerprint density at radius 1 is 1.17 bits per heavy atom. The van der Waals surface area contributed by atoms with Crippen LogP contribution in [0.4, 0.5) is 11.4 Å². The minimum Gasteiger partial charge on any atom is -0.494 e. The van der Waals surface area contributed by atoms with E-state index in [9.17, 15) is 9.90 Å². The lowest BCUT2D eigenvalue weighted by Crippen LogP contribution is -2.34. The third-order valence-corrected chi connectivity index (χ3v) is 5.77. The maximum atomic E-state index is 12.1. The Labute approximate surface area is 175 Å². The molecule has 1 aliphatic rings. The maximum absolute atomic E-state index is 12.1. The van der Waals surface area contributed by atoms with Crippen LogP contribution >= 0.6 is 0 Å². The highest BCUT2D eigenvalue weighted by Crippen LogP contribution is 2.26. The number of benzene rings is 2. The predicted octanol–water partition coefficient (Wildman–Crippen LogP) is 4.16. The van der Waals surface area contributed by atoms with Crippen LogP contribution in [-0.4, -0.2) is 43.1 Å². The average molecular weight is 405 g/mol. The third kappa shape index (κ3) is 4.24. The Balaban J connectivity index is 1.53. The van der Waals surface area contributed by atoms with Gasteiger partial charge in [0, 0.05) is 49.5 Å². The number of rotatable bonds is 5. The SMILES string of the molecule is COCC1CCN(c2ccc(N=Cc3c(O)[nH]c(=O)c4ccc(C)cc34)cc2)CC1. The fourth-order valence-electron chi connectivity index (χ4n) is 4.06. The smallest absolute Gasteiger partial charge is 0.258 e. The number of H-pyrrole nitrogens is 1. The molecular weight excluding hydrogens is 378 g/mol. The highest BCUT2D eigenvalue weighted by molar-refractivity contribution is 6.02. The Morgan fingerprint density at radius 3 is 2.60 bits per heavy atom. The second kappa shape index (κ2) is 8.71. The van der Waals surface area contributed by atoms with Crippen LogP contribution in [0.2, 0.25) is 0 Å². The van der Waals surface area contributed by atoms with Crippen LogP contribution in [0, 0.1) is 12.8 Å². The summed E-state index contributed by atoms with van der Waals surface area (Å²) in [7, 11) is 1.77. The van der Waals surface area contributed by atoms with Crippen LogP contribution in [0.1, 0.15) is 24.0 Å². The third-order valence-electron chi connectivity index (χ3n) is 5.77. The van der Waals surface area contributed by atoms with Gasteiger partial charge < -0.3 is 14.7 Å². The van der Waals surface area contributed by atoms with Gasteiger partial charge in [0.05, 0.1) is 11.3 Å². The molecule has 2 aromatic carbocycles. The molecule has 1 aliphatic heterocycles. The summed E-state index contributed by atoms with van der Waals surface area (Å²) < 4.78 is 5.28. The molecule has 6 heteroatoms. The van der Waals surface area contributed by atoms with E-state index in [1.807, 2.05) is 31.2 Å². The summed E-state index contributed by atoms with van der Waals surface area (Å²) in [5, 5.41) is 11.5. The van der Waals surface area contributed by atoms with Crippen molar-refractivity contribution < 1.29 is 9.84 Å². The number of aromatic hydroxyl groups is 1. The van der Waals surface area contributed by atoms with E-state index in [2.05, 4.69) is 27.0 Å². The van der Waals surface area contributed by atoms with E-state index in [1.165, 1.54) is 5.69 Å². The van der Waals surface area contributed by atoms with E-state index in [0.29, 0.717) is 22.3 Å². The predicted molar refractivity (Wildman–Crippen MR) is 121 cm³/mol. The van der Waals surface area contributed by atoms with Gasteiger partial charge in [-0.2, -0.15) is 0 Å². The Morgan fingerprint density at radius 2 is 1.90 bits per heavy atom. The molecule has 0 atom stereocenters. The van der Waals surface area contributed by atoms with Gasteiger partial charge in [-0.05, 0) is 56.0 Å². The summed E-state index contributed by atoms with van der Waals surface area (Å²) in [5.74, 6) is 0.482. The molecule has 0 spiro atoms. The first kappa shape index (κ1) is 20.2. The van der Waals surface area contributed by atoms with Gasteiger partial charge in [-0.15, -0.1) is 0 Å². The molecule has 0 aliphatic carbocycles. The first-order valence-electron chi connectivity index (χ1n) is 10.3. The van der Waals surface area contributed by atoms with Crippen molar-refractivity contribution >= 4 is 28.4 Å². The van der Waals surface area contributed by atoms with Gasteiger partial charge in [0.2, 0.25) is 5.88 Å². The van der Waals surface area contributed by atoms with Crippen molar-refractivity contribution in [3.63, 3.8) is 0 Å². The number of ether oxygens (including phenoxy) is 1. The molecule has 1 saturated heterocycles. The fourth-order valence-corrected chi connectivity index (χ4v) is 4.06. The van der Waals surface area contributed by atoms with Crippen molar-refractivity contribution in [1.29, 1.82) is 0 Å². The standard InChI is InChI=1S/C24H27N3O3/c1-16-3-8-20-21(13-16)22(24(29)26-23(20)28)14-25-18-4-6-19(7-5-18)27-11-9-17(10-12-27)15-30-2/h3-8,13-14,17H,9-12,15H2,1-2H3,(H2,26,28,29). The molecule has 1 aromatic heterocycles. The number of aromatic nitrogens is 1. The quantitative estimate of drug-likeness (QED) is 0.625. The van der Waals surface area contributed by atoms with Gasteiger partial charge in [0.25, 0.3) is 5.56 Å². The number of anilines is 1. The molecule has 2 N–H and O–H groups in total. The molecule has 30 heavy (non-hydrogen) atoms. The number of hydrogen-bond donors (Lipinski definition) is 2. The van der Waals surface area contributed by atoms with Crippen molar-refractivity contribution in [2.24, 2.45) is 10.9 Å². The molecule has 0 saturated carbocycles. The molecule has 0 radical (unpaired) electrons. The average Bonchev–Trinajstić information content (AvgIpc) is 2.74. The van der Waals surface area contributed by atoms with Gasteiger partial charge >= 0.3 is 0 Å². The molecule has 0 bridgehead atoms. The number of piperidine rings is 1. The minimum absolute atomic E-state index is 0.169. The zero-order chi connectivity index (χ0) is 21.1. The topological polar surface area (TPSA) is 77.9 Å². The van der Waals surface area contributed by atoms with Crippen LogP contribution < -0.4 is 10.5 Å². The number of aryl methyl sites for hydroxylation is 1. The highest BCUT2D eigenvalue weighted by atomic mass is 16.5. The van der Waals surface area contributed by atoms with Crippen molar-refractivity contribution in [2.45, 2.75) is 19.8 Å². The summed E-state index contributed by atoms with van der Waals surface area (Å²) in [4.78, 5) is 21.5. The Hall–Kier alpha value is -3.12. The maximum Gasteiger partial charge on any atom is 0.258 e. The molecule has 3 aromatic rings. The minimum atomic E-state index is -0.307. The Bertz CT molecular complexity index is 1110. The van der Waals surface area contributed by atoms with Crippen LogP contribution in [0.25, 0.3) is 10.8 Å². The lowest BCUT2D eigenvalue weighted by Gasteiger charge is -2.33. The molecule has 1 fully saturated rings. The first-order valence-corrected chi connectivity index (χ1v) is 10.3. The zero-order valence-corrected chi connectivity index (χ0v) is 17.4. The van der Waals surface area contributed by atoms with Gasteiger partial charge in [0.1, 0.15) is 0 Å². The van der Waals surface area contributed by atoms with Gasteiger partial charge in [-0.25, -0.2) is 0 Å².